The first kappa shape index (κ1) is 39.9. The number of rotatable bonds is 15. The molecule has 2 aliphatic heterocycles. The molecule has 0 radical (unpaired) electrons. The van der Waals surface area contributed by atoms with E-state index in [1.807, 2.05) is 61.3 Å². The van der Waals surface area contributed by atoms with Crippen LogP contribution < -0.4 is 14.2 Å². The number of hydrogen-bond donors (Lipinski definition) is 0. The Labute approximate surface area is 318 Å². The number of methoxy groups -OCH3 is 3. The van der Waals surface area contributed by atoms with E-state index in [4.69, 9.17) is 30.5 Å². The monoisotopic (exact) mass is 748 g/mol. The number of likely N-dealkylation sites (N-methyl/N-ethyl adjacent to an activating group) is 1. The summed E-state index contributed by atoms with van der Waals surface area (Å²) in [6, 6.07) is 21.4. The van der Waals surface area contributed by atoms with Crippen LogP contribution >= 0.6 is 11.6 Å². The van der Waals surface area contributed by atoms with Gasteiger partial charge in [-0.05, 0) is 81.2 Å². The van der Waals surface area contributed by atoms with E-state index in [-0.39, 0.29) is 30.2 Å². The molecule has 286 valence electrons. The highest BCUT2D eigenvalue weighted by atomic mass is 35.5. The van der Waals surface area contributed by atoms with Crippen molar-refractivity contribution < 1.29 is 33.3 Å². The van der Waals surface area contributed by atoms with Gasteiger partial charge in [0.1, 0.15) is 0 Å². The highest BCUT2D eigenvalue weighted by Crippen LogP contribution is 2.40. The fraction of sp³-hybridized carbons (Fsp3) is 0.488. The predicted molar refractivity (Wildman–Crippen MR) is 205 cm³/mol. The van der Waals surface area contributed by atoms with Crippen molar-refractivity contribution in [1.82, 2.24) is 19.6 Å². The molecule has 2 amide bonds. The second-order valence-electron chi connectivity index (χ2n) is 13.8. The molecule has 0 N–H and O–H groups in total. The largest absolute Gasteiger partial charge is 0.493 e. The zero-order chi connectivity index (χ0) is 38.0. The summed E-state index contributed by atoms with van der Waals surface area (Å²) in [7, 11) is 6.41. The molecule has 2 aliphatic rings. The van der Waals surface area contributed by atoms with Crippen molar-refractivity contribution in [2.75, 3.05) is 93.9 Å². The summed E-state index contributed by atoms with van der Waals surface area (Å²) in [5.74, 6) is 1.10. The molecule has 53 heavy (non-hydrogen) atoms. The van der Waals surface area contributed by atoms with Crippen LogP contribution in [-0.4, -0.2) is 131 Å². The number of carbonyl (C=O) groups is 3. The molecular formula is C41H53ClN4O7. The molecule has 0 bridgehead atoms. The van der Waals surface area contributed by atoms with Crippen molar-refractivity contribution in [3.8, 4) is 17.2 Å². The zero-order valence-corrected chi connectivity index (χ0v) is 32.4. The van der Waals surface area contributed by atoms with Crippen LogP contribution in [0.15, 0.2) is 66.7 Å². The number of esters is 1. The lowest BCUT2D eigenvalue weighted by Crippen LogP contribution is -2.57. The van der Waals surface area contributed by atoms with Crippen LogP contribution in [0.4, 0.5) is 0 Å². The Morgan fingerprint density at radius 1 is 0.830 bits per heavy atom. The summed E-state index contributed by atoms with van der Waals surface area (Å²) in [5.41, 5.74) is 2.00. The Balaban J connectivity index is 1.26. The molecule has 2 saturated heterocycles. The van der Waals surface area contributed by atoms with Gasteiger partial charge in [0.2, 0.25) is 11.7 Å². The average molecular weight is 749 g/mol. The molecule has 0 saturated carbocycles. The zero-order valence-electron chi connectivity index (χ0n) is 31.6. The number of hydrogen-bond acceptors (Lipinski definition) is 9. The number of halogens is 1. The molecule has 3 aromatic rings. The van der Waals surface area contributed by atoms with Gasteiger partial charge in [0, 0.05) is 56.3 Å². The maximum atomic E-state index is 14.4. The minimum Gasteiger partial charge on any atom is -0.493 e. The summed E-state index contributed by atoms with van der Waals surface area (Å²) in [6.07, 6.45) is 2.23. The third kappa shape index (κ3) is 9.62. The van der Waals surface area contributed by atoms with E-state index in [1.54, 1.807) is 17.0 Å². The topological polar surface area (TPSA) is 101 Å². The van der Waals surface area contributed by atoms with E-state index in [0.29, 0.717) is 80.0 Å². The predicted octanol–water partition coefficient (Wildman–Crippen LogP) is 5.35. The fourth-order valence-electron chi connectivity index (χ4n) is 7.62. The van der Waals surface area contributed by atoms with Crippen LogP contribution in [0.25, 0.3) is 0 Å². The van der Waals surface area contributed by atoms with E-state index in [1.165, 1.54) is 21.3 Å². The minimum atomic E-state index is -0.607. The highest BCUT2D eigenvalue weighted by Gasteiger charge is 2.45. The second-order valence-corrected chi connectivity index (χ2v) is 14.2. The van der Waals surface area contributed by atoms with Crippen LogP contribution in [0.5, 0.6) is 17.2 Å². The molecule has 0 spiro atoms. The summed E-state index contributed by atoms with van der Waals surface area (Å²) >= 11 is 6.27. The molecule has 0 aromatic heterocycles. The number of nitrogens with zero attached hydrogens (tertiary/aromatic N) is 4. The minimum absolute atomic E-state index is 0.0385. The first-order chi connectivity index (χ1) is 25.6. The molecule has 0 aliphatic carbocycles. The van der Waals surface area contributed by atoms with Crippen molar-refractivity contribution in [3.63, 3.8) is 0 Å². The van der Waals surface area contributed by atoms with Crippen molar-refractivity contribution in [2.24, 2.45) is 0 Å². The number of piperidine rings is 1. The standard InChI is InChI=1S/C41H53ClN4O7/c1-6-53-37(47)29-45-22-24-46(25-23-45)40(49)41(33-10-8-7-9-11-33)17-20-44(21-18-41)19-16-31(30-12-14-34(42)15-13-30)28-43(2)39(48)32-26-35(50-3)38(52-5)36(27-32)51-4/h7-15,26-27,31H,6,16-25,28-29H2,1-5H3. The van der Waals surface area contributed by atoms with Gasteiger partial charge in [0.15, 0.2) is 11.5 Å². The normalized spacial score (nSPS) is 16.8. The molecular weight excluding hydrogens is 696 g/mol. The molecule has 2 heterocycles. The Kier molecular flexibility index (Phi) is 14.0. The number of likely N-dealkylation sites (tertiary alicyclic amines) is 1. The van der Waals surface area contributed by atoms with Crippen molar-refractivity contribution in [3.05, 3.63) is 88.4 Å². The van der Waals surface area contributed by atoms with Crippen LogP contribution in [0.3, 0.4) is 0 Å². The molecule has 12 heteroatoms. The number of carbonyl (C=O) groups excluding carboxylic acids is 3. The number of amides is 2. The highest BCUT2D eigenvalue weighted by molar-refractivity contribution is 6.30. The fourth-order valence-corrected chi connectivity index (χ4v) is 7.74. The number of benzene rings is 3. The van der Waals surface area contributed by atoms with Crippen LogP contribution in [0.2, 0.25) is 5.02 Å². The maximum Gasteiger partial charge on any atom is 0.320 e. The molecule has 11 nitrogen and oxygen atoms in total. The van der Waals surface area contributed by atoms with Crippen molar-refractivity contribution in [2.45, 2.75) is 37.5 Å². The lowest BCUT2D eigenvalue weighted by atomic mass is 9.71. The molecule has 1 unspecified atom stereocenters. The Morgan fingerprint density at radius 2 is 1.45 bits per heavy atom. The third-order valence-corrected chi connectivity index (χ3v) is 10.9. The first-order valence-electron chi connectivity index (χ1n) is 18.4. The van der Waals surface area contributed by atoms with Crippen LogP contribution in [-0.2, 0) is 19.7 Å². The maximum absolute atomic E-state index is 14.4. The van der Waals surface area contributed by atoms with E-state index in [9.17, 15) is 14.4 Å². The molecule has 2 fully saturated rings. The van der Waals surface area contributed by atoms with Gasteiger partial charge in [-0.2, -0.15) is 0 Å². The van der Waals surface area contributed by atoms with E-state index in [0.717, 1.165) is 37.2 Å². The van der Waals surface area contributed by atoms with Gasteiger partial charge < -0.3 is 33.6 Å². The first-order valence-corrected chi connectivity index (χ1v) is 18.8. The SMILES string of the molecule is CCOC(=O)CN1CCN(C(=O)C2(c3ccccc3)CCN(CCC(CN(C)C(=O)c3cc(OC)c(OC)c(OC)c3)c3ccc(Cl)cc3)CC2)CC1. The Morgan fingerprint density at radius 3 is 2.02 bits per heavy atom. The van der Waals surface area contributed by atoms with Gasteiger partial charge >= 0.3 is 5.97 Å². The molecule has 5 rings (SSSR count). The summed E-state index contributed by atoms with van der Waals surface area (Å²) in [4.78, 5) is 48.5. The lowest BCUT2D eigenvalue weighted by Gasteiger charge is -2.45. The van der Waals surface area contributed by atoms with Crippen molar-refractivity contribution in [1.29, 1.82) is 0 Å². The quantitative estimate of drug-likeness (QED) is 0.191. The van der Waals surface area contributed by atoms with Gasteiger partial charge in [-0.1, -0.05) is 54.1 Å². The smallest absolute Gasteiger partial charge is 0.320 e. The summed E-state index contributed by atoms with van der Waals surface area (Å²) < 4.78 is 21.6. The molecule has 1 atom stereocenters. The van der Waals surface area contributed by atoms with E-state index < -0.39 is 5.41 Å². The lowest BCUT2D eigenvalue weighted by molar-refractivity contribution is -0.146. The Bertz CT molecular complexity index is 1650. The van der Waals surface area contributed by atoms with Crippen LogP contribution in [0, 0.1) is 0 Å². The van der Waals surface area contributed by atoms with E-state index >= 15 is 0 Å². The number of piperazine rings is 1. The van der Waals surface area contributed by atoms with Gasteiger partial charge in [-0.25, -0.2) is 0 Å². The van der Waals surface area contributed by atoms with Gasteiger partial charge in [0.25, 0.3) is 5.91 Å². The third-order valence-electron chi connectivity index (χ3n) is 10.7. The molecule has 3 aromatic carbocycles. The summed E-state index contributed by atoms with van der Waals surface area (Å²) in [5, 5.41) is 0.660. The number of ether oxygens (including phenoxy) is 4. The second kappa shape index (κ2) is 18.6. The summed E-state index contributed by atoms with van der Waals surface area (Å²) in [6.45, 7) is 7.72. The van der Waals surface area contributed by atoms with Gasteiger partial charge in [-0.3, -0.25) is 19.3 Å². The Hall–Kier alpha value is -4.32. The average Bonchev–Trinajstić information content (AvgIpc) is 3.19. The van der Waals surface area contributed by atoms with Crippen molar-refractivity contribution >= 4 is 29.4 Å². The van der Waals surface area contributed by atoms with Gasteiger partial charge in [0.05, 0.1) is 39.9 Å². The van der Waals surface area contributed by atoms with Crippen LogP contribution in [0.1, 0.15) is 53.6 Å². The van der Waals surface area contributed by atoms with E-state index in [2.05, 4.69) is 21.9 Å². The van der Waals surface area contributed by atoms with Gasteiger partial charge in [-0.15, -0.1) is 0 Å².